The lowest BCUT2D eigenvalue weighted by Gasteiger charge is -2.17. The predicted octanol–water partition coefficient (Wildman–Crippen LogP) is 1.91. The van der Waals surface area contributed by atoms with Crippen LogP contribution in [0.1, 0.15) is 12.0 Å². The number of benzene rings is 1. The van der Waals surface area contributed by atoms with Crippen molar-refractivity contribution in [2.45, 2.75) is 19.4 Å². The first-order chi connectivity index (χ1) is 12.5. The lowest BCUT2D eigenvalue weighted by Crippen LogP contribution is -2.34. The zero-order valence-electron chi connectivity index (χ0n) is 15.4. The Labute approximate surface area is 153 Å². The maximum atomic E-state index is 12.3. The summed E-state index contributed by atoms with van der Waals surface area (Å²) in [6, 6.07) is 11.3. The molecular weight excluding hydrogens is 332 g/mol. The average molecular weight is 356 g/mol. The Morgan fingerprint density at radius 1 is 1.19 bits per heavy atom. The van der Waals surface area contributed by atoms with E-state index in [-0.39, 0.29) is 18.6 Å². The third kappa shape index (κ3) is 4.62. The highest BCUT2D eigenvalue weighted by Crippen LogP contribution is 2.18. The number of hydrogen-bond acceptors (Lipinski definition) is 6. The number of nitrogens with zero attached hydrogens (tertiary/aromatic N) is 4. The highest BCUT2D eigenvalue weighted by molar-refractivity contribution is 5.78. The van der Waals surface area contributed by atoms with Gasteiger partial charge in [-0.2, -0.15) is 0 Å². The number of hydrogen-bond donors (Lipinski definition) is 0. The number of rotatable bonds is 6. The molecule has 1 unspecified atom stereocenters. The van der Waals surface area contributed by atoms with Crippen molar-refractivity contribution in [3.8, 4) is 11.6 Å². The van der Waals surface area contributed by atoms with Crippen LogP contribution in [0.25, 0.3) is 0 Å². The van der Waals surface area contributed by atoms with Crippen LogP contribution in [0.3, 0.4) is 0 Å². The molecule has 7 nitrogen and oxygen atoms in total. The first-order valence-corrected chi connectivity index (χ1v) is 8.66. The van der Waals surface area contributed by atoms with E-state index in [0.29, 0.717) is 24.7 Å². The largest absolute Gasteiger partial charge is 0.484 e. The molecule has 1 amide bonds. The van der Waals surface area contributed by atoms with Crippen molar-refractivity contribution in [3.63, 3.8) is 0 Å². The fourth-order valence-electron chi connectivity index (χ4n) is 2.71. The molecule has 0 aliphatic carbocycles. The van der Waals surface area contributed by atoms with Crippen molar-refractivity contribution in [1.29, 1.82) is 0 Å². The second-order valence-electron chi connectivity index (χ2n) is 6.59. The summed E-state index contributed by atoms with van der Waals surface area (Å²) in [7, 11) is 3.81. The summed E-state index contributed by atoms with van der Waals surface area (Å²) in [6.07, 6.45) is 0.700. The fraction of sp³-hybridized carbons (Fsp3) is 0.421. The number of likely N-dealkylation sites (tertiary alicyclic amines) is 1. The molecule has 3 rings (SSSR count). The van der Waals surface area contributed by atoms with E-state index in [4.69, 9.17) is 9.47 Å². The minimum absolute atomic E-state index is 0.0348. The normalized spacial score (nSPS) is 16.4. The Morgan fingerprint density at radius 2 is 1.96 bits per heavy atom. The summed E-state index contributed by atoms with van der Waals surface area (Å²) in [5, 5.41) is 8.17. The molecule has 2 aromatic rings. The summed E-state index contributed by atoms with van der Waals surface area (Å²) < 4.78 is 11.4. The lowest BCUT2D eigenvalue weighted by atomic mass is 10.2. The van der Waals surface area contributed by atoms with Gasteiger partial charge < -0.3 is 19.3 Å². The van der Waals surface area contributed by atoms with Gasteiger partial charge in [-0.1, -0.05) is 17.7 Å². The topological polar surface area (TPSA) is 67.8 Å². The van der Waals surface area contributed by atoms with E-state index in [2.05, 4.69) is 10.2 Å². The van der Waals surface area contributed by atoms with Gasteiger partial charge in [-0.15, -0.1) is 10.2 Å². The van der Waals surface area contributed by atoms with E-state index in [1.807, 2.05) is 56.3 Å². The highest BCUT2D eigenvalue weighted by Gasteiger charge is 2.28. The second kappa shape index (κ2) is 8.03. The molecule has 1 aromatic carbocycles. The highest BCUT2D eigenvalue weighted by atomic mass is 16.5. The maximum absolute atomic E-state index is 12.3. The minimum atomic E-state index is -0.0715. The van der Waals surface area contributed by atoms with Gasteiger partial charge >= 0.3 is 0 Å². The van der Waals surface area contributed by atoms with E-state index in [0.717, 1.165) is 17.8 Å². The number of carbonyl (C=O) groups is 1. The molecule has 0 N–H and O–H groups in total. The standard InChI is InChI=1S/C19H24N4O3/c1-14-4-6-15(7-5-14)25-13-19(24)23-11-10-16(12-23)26-18-9-8-17(20-21-18)22(2)3/h4-9,16H,10-13H2,1-3H3. The van der Waals surface area contributed by atoms with Crippen molar-refractivity contribution in [1.82, 2.24) is 15.1 Å². The molecule has 1 saturated heterocycles. The van der Waals surface area contributed by atoms with Crippen LogP contribution in [-0.4, -0.2) is 60.9 Å². The quantitative estimate of drug-likeness (QED) is 0.788. The smallest absolute Gasteiger partial charge is 0.260 e. The molecule has 1 aliphatic heterocycles. The van der Waals surface area contributed by atoms with Crippen LogP contribution in [0.2, 0.25) is 0 Å². The van der Waals surface area contributed by atoms with Crippen LogP contribution in [0.15, 0.2) is 36.4 Å². The zero-order chi connectivity index (χ0) is 18.5. The molecule has 1 aliphatic rings. The van der Waals surface area contributed by atoms with Gasteiger partial charge in [-0.05, 0) is 25.1 Å². The lowest BCUT2D eigenvalue weighted by molar-refractivity contribution is -0.132. The third-order valence-electron chi connectivity index (χ3n) is 4.25. The van der Waals surface area contributed by atoms with Gasteiger partial charge in [-0.3, -0.25) is 4.79 Å². The van der Waals surface area contributed by atoms with Crippen molar-refractivity contribution in [2.75, 3.05) is 38.7 Å². The van der Waals surface area contributed by atoms with Crippen LogP contribution in [0.4, 0.5) is 5.82 Å². The maximum Gasteiger partial charge on any atom is 0.260 e. The zero-order valence-corrected chi connectivity index (χ0v) is 15.4. The van der Waals surface area contributed by atoms with Gasteiger partial charge in [0.05, 0.1) is 6.54 Å². The summed E-state index contributed by atoms with van der Waals surface area (Å²) >= 11 is 0. The van der Waals surface area contributed by atoms with E-state index in [1.165, 1.54) is 0 Å². The van der Waals surface area contributed by atoms with Crippen LogP contribution in [-0.2, 0) is 4.79 Å². The van der Waals surface area contributed by atoms with Crippen LogP contribution in [0.5, 0.6) is 11.6 Å². The second-order valence-corrected chi connectivity index (χ2v) is 6.59. The number of aromatic nitrogens is 2. The number of carbonyl (C=O) groups excluding carboxylic acids is 1. The molecule has 2 heterocycles. The van der Waals surface area contributed by atoms with Gasteiger partial charge in [-0.25, -0.2) is 0 Å². The SMILES string of the molecule is Cc1ccc(OCC(=O)N2CCC(Oc3ccc(N(C)C)nn3)C2)cc1. The first kappa shape index (κ1) is 18.0. The summed E-state index contributed by atoms with van der Waals surface area (Å²) in [6.45, 7) is 3.24. The van der Waals surface area contributed by atoms with Crippen molar-refractivity contribution < 1.29 is 14.3 Å². The number of amides is 1. The number of ether oxygens (including phenoxy) is 2. The Kier molecular flexibility index (Phi) is 5.55. The molecule has 1 aromatic heterocycles. The average Bonchev–Trinajstić information content (AvgIpc) is 3.10. The third-order valence-corrected chi connectivity index (χ3v) is 4.25. The Morgan fingerprint density at radius 3 is 2.62 bits per heavy atom. The molecule has 0 saturated carbocycles. The number of anilines is 1. The molecule has 26 heavy (non-hydrogen) atoms. The summed E-state index contributed by atoms with van der Waals surface area (Å²) in [5.41, 5.74) is 1.16. The summed E-state index contributed by atoms with van der Waals surface area (Å²) in [5.74, 6) is 1.91. The van der Waals surface area contributed by atoms with Crippen LogP contribution >= 0.6 is 0 Å². The summed E-state index contributed by atoms with van der Waals surface area (Å²) in [4.78, 5) is 16.0. The molecule has 0 bridgehead atoms. The Hall–Kier alpha value is -2.83. The molecule has 7 heteroatoms. The molecule has 0 spiro atoms. The fourth-order valence-corrected chi connectivity index (χ4v) is 2.71. The van der Waals surface area contributed by atoms with Gasteiger partial charge in [0.15, 0.2) is 12.4 Å². The first-order valence-electron chi connectivity index (χ1n) is 8.66. The van der Waals surface area contributed by atoms with E-state index < -0.39 is 0 Å². The van der Waals surface area contributed by atoms with E-state index in [9.17, 15) is 4.79 Å². The molecular formula is C19H24N4O3. The monoisotopic (exact) mass is 356 g/mol. The van der Waals surface area contributed by atoms with Gasteiger partial charge in [0, 0.05) is 33.1 Å². The van der Waals surface area contributed by atoms with Gasteiger partial charge in [0.1, 0.15) is 11.9 Å². The molecule has 138 valence electrons. The van der Waals surface area contributed by atoms with Crippen LogP contribution in [0, 0.1) is 6.92 Å². The number of aryl methyl sites for hydroxylation is 1. The van der Waals surface area contributed by atoms with Crippen molar-refractivity contribution in [3.05, 3.63) is 42.0 Å². The molecule has 1 fully saturated rings. The van der Waals surface area contributed by atoms with Gasteiger partial charge in [0.2, 0.25) is 5.88 Å². The Balaban J connectivity index is 1.46. The van der Waals surface area contributed by atoms with Crippen LogP contribution < -0.4 is 14.4 Å². The molecule has 0 radical (unpaired) electrons. The van der Waals surface area contributed by atoms with E-state index in [1.54, 1.807) is 11.0 Å². The van der Waals surface area contributed by atoms with Gasteiger partial charge in [0.25, 0.3) is 5.91 Å². The Bertz CT molecular complexity index is 731. The van der Waals surface area contributed by atoms with E-state index >= 15 is 0 Å². The minimum Gasteiger partial charge on any atom is -0.484 e. The predicted molar refractivity (Wildman–Crippen MR) is 98.6 cm³/mol. The van der Waals surface area contributed by atoms with Crippen molar-refractivity contribution in [2.24, 2.45) is 0 Å². The molecule has 1 atom stereocenters. The van der Waals surface area contributed by atoms with Crippen molar-refractivity contribution >= 4 is 11.7 Å².